The van der Waals surface area contributed by atoms with Gasteiger partial charge in [0.2, 0.25) is 5.91 Å². The Bertz CT molecular complexity index is 929. The van der Waals surface area contributed by atoms with E-state index in [-0.39, 0.29) is 11.3 Å². The van der Waals surface area contributed by atoms with Crippen LogP contribution in [0.25, 0.3) is 11.0 Å². The zero-order valence-corrected chi connectivity index (χ0v) is 15.6. The second-order valence-corrected chi connectivity index (χ2v) is 7.75. The largest absolute Gasteiger partial charge is 0.464 e. The molecule has 3 aromatic rings. The maximum Gasteiger partial charge on any atom is 0.228 e. The Morgan fingerprint density at radius 3 is 2.48 bits per heavy atom. The Labute approximate surface area is 149 Å². The van der Waals surface area contributed by atoms with E-state index in [4.69, 9.17) is 4.42 Å². The van der Waals surface area contributed by atoms with Gasteiger partial charge >= 0.3 is 0 Å². The van der Waals surface area contributed by atoms with Crippen molar-refractivity contribution in [1.29, 1.82) is 0 Å². The van der Waals surface area contributed by atoms with E-state index in [9.17, 15) is 4.79 Å². The van der Waals surface area contributed by atoms with Crippen molar-refractivity contribution in [2.75, 3.05) is 5.32 Å². The summed E-state index contributed by atoms with van der Waals surface area (Å²) in [5.74, 6) is -0.0351. The van der Waals surface area contributed by atoms with Crippen molar-refractivity contribution in [1.82, 2.24) is 0 Å². The lowest BCUT2D eigenvalue weighted by Crippen LogP contribution is -2.14. The van der Waals surface area contributed by atoms with Gasteiger partial charge in [0, 0.05) is 16.6 Å². The zero-order chi connectivity index (χ0) is 18.2. The summed E-state index contributed by atoms with van der Waals surface area (Å²) in [6.07, 6.45) is 1.99. The maximum absolute atomic E-state index is 12.4. The van der Waals surface area contributed by atoms with Gasteiger partial charge < -0.3 is 9.73 Å². The van der Waals surface area contributed by atoms with Gasteiger partial charge in [0.15, 0.2) is 0 Å². The molecule has 0 saturated carbocycles. The lowest BCUT2D eigenvalue weighted by Gasteiger charge is -2.18. The second kappa shape index (κ2) is 6.40. The fourth-order valence-corrected chi connectivity index (χ4v) is 2.88. The Balaban J connectivity index is 1.82. The number of rotatable bonds is 3. The van der Waals surface area contributed by atoms with Crippen LogP contribution in [0.1, 0.15) is 43.0 Å². The monoisotopic (exact) mass is 335 g/mol. The highest BCUT2D eigenvalue weighted by Gasteiger charge is 2.17. The number of fused-ring (bicyclic) bond motifs is 1. The first kappa shape index (κ1) is 17.3. The molecule has 0 saturated heterocycles. The predicted molar refractivity (Wildman–Crippen MR) is 103 cm³/mol. The van der Waals surface area contributed by atoms with Crippen LogP contribution in [0.15, 0.2) is 47.1 Å². The van der Waals surface area contributed by atoms with Gasteiger partial charge in [-0.25, -0.2) is 0 Å². The lowest BCUT2D eigenvalue weighted by atomic mass is 9.86. The summed E-state index contributed by atoms with van der Waals surface area (Å²) >= 11 is 0. The van der Waals surface area contributed by atoms with Crippen LogP contribution in [0.5, 0.6) is 0 Å². The first-order valence-corrected chi connectivity index (χ1v) is 8.62. The Morgan fingerprint density at radius 2 is 1.80 bits per heavy atom. The topological polar surface area (TPSA) is 42.2 Å². The molecule has 1 heterocycles. The van der Waals surface area contributed by atoms with Crippen LogP contribution < -0.4 is 5.32 Å². The molecule has 0 unspecified atom stereocenters. The van der Waals surface area contributed by atoms with E-state index in [2.05, 4.69) is 45.1 Å². The highest BCUT2D eigenvalue weighted by atomic mass is 16.3. The summed E-state index contributed by atoms with van der Waals surface area (Å²) in [7, 11) is 0. The van der Waals surface area contributed by atoms with Crippen molar-refractivity contribution < 1.29 is 9.21 Å². The fourth-order valence-electron chi connectivity index (χ4n) is 2.88. The standard InChI is InChI=1S/C22H25NO2/c1-14-6-8-18(10-15(14)2)23-21(24)11-16-13-25-20-9-7-17(12-19(16)20)22(3,4)5/h6-10,12-13H,11H2,1-5H3,(H,23,24). The molecule has 0 spiro atoms. The molecule has 1 N–H and O–H groups in total. The molecule has 0 radical (unpaired) electrons. The third-order valence-electron chi connectivity index (χ3n) is 4.66. The number of amides is 1. The number of nitrogens with one attached hydrogen (secondary N) is 1. The van der Waals surface area contributed by atoms with Gasteiger partial charge in [0.25, 0.3) is 0 Å². The third-order valence-corrected chi connectivity index (χ3v) is 4.66. The molecule has 130 valence electrons. The smallest absolute Gasteiger partial charge is 0.228 e. The van der Waals surface area contributed by atoms with Crippen LogP contribution in [0.4, 0.5) is 5.69 Å². The van der Waals surface area contributed by atoms with Crippen molar-refractivity contribution in [2.45, 2.75) is 46.5 Å². The molecule has 3 heteroatoms. The zero-order valence-electron chi connectivity index (χ0n) is 15.6. The summed E-state index contributed by atoms with van der Waals surface area (Å²) in [5.41, 5.74) is 6.25. The number of carbonyl (C=O) groups excluding carboxylic acids is 1. The van der Waals surface area contributed by atoms with E-state index >= 15 is 0 Å². The van der Waals surface area contributed by atoms with Gasteiger partial charge in [0.05, 0.1) is 12.7 Å². The van der Waals surface area contributed by atoms with E-state index < -0.39 is 0 Å². The molecular formula is C22H25NO2. The number of anilines is 1. The molecule has 0 aliphatic heterocycles. The molecule has 3 rings (SSSR count). The van der Waals surface area contributed by atoms with E-state index in [0.29, 0.717) is 6.42 Å². The van der Waals surface area contributed by atoms with Crippen molar-refractivity contribution >= 4 is 22.6 Å². The van der Waals surface area contributed by atoms with Crippen molar-refractivity contribution in [2.24, 2.45) is 0 Å². The lowest BCUT2D eigenvalue weighted by molar-refractivity contribution is -0.115. The Hall–Kier alpha value is -2.55. The Kier molecular flexibility index (Phi) is 4.42. The molecule has 0 fully saturated rings. The average molecular weight is 335 g/mol. The van der Waals surface area contributed by atoms with Crippen molar-refractivity contribution in [3.63, 3.8) is 0 Å². The van der Waals surface area contributed by atoms with E-state index in [1.54, 1.807) is 6.26 Å². The van der Waals surface area contributed by atoms with Crippen LogP contribution >= 0.6 is 0 Å². The normalized spacial score (nSPS) is 11.7. The average Bonchev–Trinajstić information content (AvgIpc) is 2.92. The molecular weight excluding hydrogens is 310 g/mol. The molecule has 0 aliphatic rings. The maximum atomic E-state index is 12.4. The molecule has 0 atom stereocenters. The third kappa shape index (κ3) is 3.76. The van der Waals surface area contributed by atoms with Gasteiger partial charge in [0.1, 0.15) is 5.58 Å². The molecule has 2 aromatic carbocycles. The van der Waals surface area contributed by atoms with Gasteiger partial charge in [-0.05, 0) is 60.2 Å². The van der Waals surface area contributed by atoms with Gasteiger partial charge in [-0.2, -0.15) is 0 Å². The number of benzene rings is 2. The predicted octanol–water partition coefficient (Wildman–Crippen LogP) is 5.53. The highest BCUT2D eigenvalue weighted by Crippen LogP contribution is 2.29. The van der Waals surface area contributed by atoms with Crippen molar-refractivity contribution in [3.05, 3.63) is 64.9 Å². The summed E-state index contributed by atoms with van der Waals surface area (Å²) in [4.78, 5) is 12.4. The van der Waals surface area contributed by atoms with Crippen LogP contribution in [0.2, 0.25) is 0 Å². The van der Waals surface area contributed by atoms with Crippen LogP contribution in [0, 0.1) is 13.8 Å². The fraction of sp³-hybridized carbons (Fsp3) is 0.318. The summed E-state index contributed by atoms with van der Waals surface area (Å²) in [5, 5.41) is 3.99. The van der Waals surface area contributed by atoms with Gasteiger partial charge in [-0.3, -0.25) is 4.79 Å². The summed E-state index contributed by atoms with van der Waals surface area (Å²) in [6, 6.07) is 12.2. The van der Waals surface area contributed by atoms with Crippen LogP contribution in [0.3, 0.4) is 0 Å². The first-order valence-electron chi connectivity index (χ1n) is 8.62. The summed E-state index contributed by atoms with van der Waals surface area (Å²) < 4.78 is 5.62. The van der Waals surface area contributed by atoms with E-state index in [1.807, 2.05) is 31.2 Å². The molecule has 3 nitrogen and oxygen atoms in total. The minimum Gasteiger partial charge on any atom is -0.464 e. The van der Waals surface area contributed by atoms with E-state index in [0.717, 1.165) is 22.2 Å². The summed E-state index contributed by atoms with van der Waals surface area (Å²) in [6.45, 7) is 10.6. The van der Waals surface area contributed by atoms with Crippen molar-refractivity contribution in [3.8, 4) is 0 Å². The van der Waals surface area contributed by atoms with Gasteiger partial charge in [-0.1, -0.05) is 32.9 Å². The number of furan rings is 1. The van der Waals surface area contributed by atoms with E-state index in [1.165, 1.54) is 16.7 Å². The van der Waals surface area contributed by atoms with Crippen LogP contribution in [-0.2, 0) is 16.6 Å². The SMILES string of the molecule is Cc1ccc(NC(=O)Cc2coc3ccc(C(C)(C)C)cc23)cc1C. The molecule has 25 heavy (non-hydrogen) atoms. The molecule has 1 amide bonds. The minimum atomic E-state index is -0.0351. The van der Waals surface area contributed by atoms with Crippen LogP contribution in [-0.4, -0.2) is 5.91 Å². The number of carbonyl (C=O) groups is 1. The molecule has 0 aliphatic carbocycles. The number of hydrogen-bond donors (Lipinski definition) is 1. The van der Waals surface area contributed by atoms with Gasteiger partial charge in [-0.15, -0.1) is 0 Å². The minimum absolute atomic E-state index is 0.0351. The molecule has 0 bridgehead atoms. The quantitative estimate of drug-likeness (QED) is 0.684. The number of hydrogen-bond acceptors (Lipinski definition) is 2. The Morgan fingerprint density at radius 1 is 1.04 bits per heavy atom. The molecule has 1 aromatic heterocycles. The second-order valence-electron chi connectivity index (χ2n) is 7.75. The first-order chi connectivity index (χ1) is 11.7. The highest BCUT2D eigenvalue weighted by molar-refractivity contribution is 5.95. The number of aryl methyl sites for hydroxylation is 2.